The van der Waals surface area contributed by atoms with Crippen molar-refractivity contribution in [2.75, 3.05) is 6.61 Å². The molecular weight excluding hydrogens is 252 g/mol. The quantitative estimate of drug-likeness (QED) is 0.519. The van der Waals surface area contributed by atoms with Gasteiger partial charge in [0, 0.05) is 12.2 Å². The third-order valence-electron chi connectivity index (χ3n) is 2.71. The molecule has 0 aliphatic heterocycles. The second-order valence-corrected chi connectivity index (χ2v) is 7.33. The van der Waals surface area contributed by atoms with Gasteiger partial charge in [-0.15, -0.1) is 0 Å². The van der Waals surface area contributed by atoms with Gasteiger partial charge in [-0.25, -0.2) is 0 Å². The van der Waals surface area contributed by atoms with Crippen LogP contribution in [0.25, 0.3) is 0 Å². The molecule has 0 aromatic heterocycles. The Bertz CT molecular complexity index is 295. The molecule has 108 valence electrons. The Balaban J connectivity index is 0.000000356. The summed E-state index contributed by atoms with van der Waals surface area (Å²) in [7, 11) is -0.751. The first-order valence-corrected chi connectivity index (χ1v) is 9.50. The molecule has 1 aromatic rings. The Morgan fingerprint density at radius 1 is 1.00 bits per heavy atom. The van der Waals surface area contributed by atoms with Crippen LogP contribution >= 0.6 is 0 Å². The molecule has 19 heavy (non-hydrogen) atoms. The van der Waals surface area contributed by atoms with Gasteiger partial charge in [0.1, 0.15) is 6.29 Å². The van der Waals surface area contributed by atoms with E-state index in [9.17, 15) is 4.79 Å². The van der Waals surface area contributed by atoms with Gasteiger partial charge in [-0.05, 0) is 18.5 Å². The number of carbonyl (C=O) groups is 1. The zero-order chi connectivity index (χ0) is 14.3. The van der Waals surface area contributed by atoms with Crippen molar-refractivity contribution in [3.05, 3.63) is 35.9 Å². The van der Waals surface area contributed by atoms with Gasteiger partial charge in [-0.2, -0.15) is 0 Å². The average Bonchev–Trinajstić information content (AvgIpc) is 2.47. The summed E-state index contributed by atoms with van der Waals surface area (Å²) in [5.41, 5.74) is 0.729. The molecule has 0 fully saturated rings. The molecule has 0 bridgehead atoms. The molecule has 0 atom stereocenters. The lowest BCUT2D eigenvalue weighted by atomic mass is 10.2. The molecule has 0 N–H and O–H groups in total. The van der Waals surface area contributed by atoms with Crippen LogP contribution in [0.2, 0.25) is 12.1 Å². The maximum Gasteiger partial charge on any atom is 0.176 e. The highest BCUT2D eigenvalue weighted by Crippen LogP contribution is 2.07. The third-order valence-corrected chi connectivity index (χ3v) is 5.86. The van der Waals surface area contributed by atoms with Gasteiger partial charge in [-0.1, -0.05) is 63.9 Å². The van der Waals surface area contributed by atoms with Crippen LogP contribution in [-0.2, 0) is 4.43 Å². The molecule has 0 aliphatic carbocycles. The van der Waals surface area contributed by atoms with E-state index in [1.807, 2.05) is 18.2 Å². The first-order valence-electron chi connectivity index (χ1n) is 7.40. The van der Waals surface area contributed by atoms with E-state index in [1.165, 1.54) is 31.4 Å². The van der Waals surface area contributed by atoms with Crippen LogP contribution in [0.15, 0.2) is 30.3 Å². The van der Waals surface area contributed by atoms with Gasteiger partial charge >= 0.3 is 0 Å². The second kappa shape index (κ2) is 13.5. The second-order valence-electron chi connectivity index (χ2n) is 4.60. The van der Waals surface area contributed by atoms with Crippen LogP contribution < -0.4 is 0 Å². The van der Waals surface area contributed by atoms with Gasteiger partial charge in [0.05, 0.1) is 0 Å². The highest BCUT2D eigenvalue weighted by Gasteiger charge is 2.07. The summed E-state index contributed by atoms with van der Waals surface area (Å²) in [4.78, 5) is 10.0. The van der Waals surface area contributed by atoms with Crippen molar-refractivity contribution in [1.29, 1.82) is 0 Å². The molecule has 0 saturated carbocycles. The van der Waals surface area contributed by atoms with E-state index in [-0.39, 0.29) is 0 Å². The highest BCUT2D eigenvalue weighted by molar-refractivity contribution is 6.51. The number of hydrogen-bond acceptors (Lipinski definition) is 2. The van der Waals surface area contributed by atoms with Crippen LogP contribution in [-0.4, -0.2) is 21.9 Å². The lowest BCUT2D eigenvalue weighted by Gasteiger charge is -2.13. The van der Waals surface area contributed by atoms with Crippen molar-refractivity contribution in [3.8, 4) is 0 Å². The summed E-state index contributed by atoms with van der Waals surface area (Å²) in [6.07, 6.45) is 4.62. The number of benzene rings is 1. The normalized spacial score (nSPS) is 9.89. The highest BCUT2D eigenvalue weighted by atomic mass is 28.3. The van der Waals surface area contributed by atoms with Crippen LogP contribution in [0.3, 0.4) is 0 Å². The minimum absolute atomic E-state index is 0.729. The molecule has 0 amide bonds. The fourth-order valence-electron chi connectivity index (χ4n) is 1.77. The van der Waals surface area contributed by atoms with E-state index in [0.717, 1.165) is 18.5 Å². The Labute approximate surface area is 119 Å². The SMILES string of the molecule is CCCO[SiH](CCC)CCC.O=Cc1ccccc1. The van der Waals surface area contributed by atoms with Crippen molar-refractivity contribution in [2.45, 2.75) is 52.1 Å². The van der Waals surface area contributed by atoms with Crippen LogP contribution in [0, 0.1) is 0 Å². The van der Waals surface area contributed by atoms with Crippen LogP contribution in [0.1, 0.15) is 50.4 Å². The van der Waals surface area contributed by atoms with Gasteiger partial charge in [-0.3, -0.25) is 4.79 Å². The van der Waals surface area contributed by atoms with E-state index >= 15 is 0 Å². The minimum Gasteiger partial charge on any atom is -0.420 e. The maximum atomic E-state index is 10.0. The molecular formula is C16H28O2Si. The summed E-state index contributed by atoms with van der Waals surface area (Å²) in [6.45, 7) is 7.69. The van der Waals surface area contributed by atoms with E-state index in [2.05, 4.69) is 20.8 Å². The van der Waals surface area contributed by atoms with E-state index < -0.39 is 9.04 Å². The van der Waals surface area contributed by atoms with Gasteiger partial charge in [0.25, 0.3) is 0 Å². The number of aldehydes is 1. The van der Waals surface area contributed by atoms with Crippen molar-refractivity contribution in [1.82, 2.24) is 0 Å². The molecule has 1 rings (SSSR count). The summed E-state index contributed by atoms with van der Waals surface area (Å²) < 4.78 is 5.81. The molecule has 0 heterocycles. The average molecular weight is 280 g/mol. The van der Waals surface area contributed by atoms with E-state index in [4.69, 9.17) is 4.43 Å². The maximum absolute atomic E-state index is 10.0. The van der Waals surface area contributed by atoms with Crippen molar-refractivity contribution >= 4 is 15.3 Å². The minimum atomic E-state index is -0.751. The van der Waals surface area contributed by atoms with Crippen molar-refractivity contribution in [2.24, 2.45) is 0 Å². The van der Waals surface area contributed by atoms with E-state index in [1.54, 1.807) is 12.1 Å². The Morgan fingerprint density at radius 2 is 1.58 bits per heavy atom. The van der Waals surface area contributed by atoms with Crippen molar-refractivity contribution < 1.29 is 9.22 Å². The largest absolute Gasteiger partial charge is 0.420 e. The fraction of sp³-hybridized carbons (Fsp3) is 0.562. The third kappa shape index (κ3) is 10.7. The molecule has 0 unspecified atom stereocenters. The van der Waals surface area contributed by atoms with Crippen molar-refractivity contribution in [3.63, 3.8) is 0 Å². The molecule has 0 saturated heterocycles. The molecule has 3 heteroatoms. The van der Waals surface area contributed by atoms with Gasteiger partial charge in [0.15, 0.2) is 9.04 Å². The number of rotatable bonds is 8. The summed E-state index contributed by atoms with van der Waals surface area (Å²) in [6, 6.07) is 11.8. The predicted octanol–water partition coefficient (Wildman–Crippen LogP) is 4.46. The molecule has 0 spiro atoms. The monoisotopic (exact) mass is 280 g/mol. The van der Waals surface area contributed by atoms with E-state index in [0.29, 0.717) is 0 Å². The molecule has 2 nitrogen and oxygen atoms in total. The first-order chi connectivity index (χ1) is 9.28. The van der Waals surface area contributed by atoms with Gasteiger partial charge in [0.2, 0.25) is 0 Å². The summed E-state index contributed by atoms with van der Waals surface area (Å²) >= 11 is 0. The molecule has 0 aliphatic rings. The molecule has 1 aromatic carbocycles. The Kier molecular flexibility index (Phi) is 12.8. The Morgan fingerprint density at radius 3 is 1.95 bits per heavy atom. The molecule has 0 radical (unpaired) electrons. The number of hydrogen-bond donors (Lipinski definition) is 0. The topological polar surface area (TPSA) is 26.3 Å². The van der Waals surface area contributed by atoms with Crippen LogP contribution in [0.5, 0.6) is 0 Å². The lowest BCUT2D eigenvalue weighted by Crippen LogP contribution is -2.17. The van der Waals surface area contributed by atoms with Crippen LogP contribution in [0.4, 0.5) is 0 Å². The number of carbonyl (C=O) groups excluding carboxylic acids is 1. The predicted molar refractivity (Wildman–Crippen MR) is 85.4 cm³/mol. The Hall–Kier alpha value is -0.933. The fourth-order valence-corrected chi connectivity index (χ4v) is 4.25. The first kappa shape index (κ1) is 18.1. The summed E-state index contributed by atoms with van der Waals surface area (Å²) in [5, 5.41) is 0. The zero-order valence-corrected chi connectivity index (χ0v) is 13.8. The summed E-state index contributed by atoms with van der Waals surface area (Å²) in [5.74, 6) is 0. The zero-order valence-electron chi connectivity index (χ0n) is 12.6. The standard InChI is InChI=1S/C9H22OSi.C7H6O/c1-4-7-10-11(8-5-2)9-6-3;8-6-7-4-2-1-3-5-7/h11H,4-9H2,1-3H3;1-6H. The smallest absolute Gasteiger partial charge is 0.176 e. The lowest BCUT2D eigenvalue weighted by molar-refractivity contribution is 0.112. The van der Waals surface area contributed by atoms with Gasteiger partial charge < -0.3 is 4.43 Å².